The first-order chi connectivity index (χ1) is 6.74. The van der Waals surface area contributed by atoms with Crippen molar-refractivity contribution in [2.24, 2.45) is 0 Å². The van der Waals surface area contributed by atoms with Crippen LogP contribution < -0.4 is 5.32 Å². The lowest BCUT2D eigenvalue weighted by Crippen LogP contribution is -2.27. The Balaban J connectivity index is 3.52. The van der Waals surface area contributed by atoms with Crippen LogP contribution in [0.2, 0.25) is 0 Å². The van der Waals surface area contributed by atoms with E-state index in [-0.39, 0.29) is 0 Å². The van der Waals surface area contributed by atoms with E-state index in [1.54, 1.807) is 0 Å². The highest BCUT2D eigenvalue weighted by Gasteiger charge is 2.06. The summed E-state index contributed by atoms with van der Waals surface area (Å²) in [6.45, 7) is 10.1. The fraction of sp³-hybridized carbons (Fsp3) is 0.833. The van der Waals surface area contributed by atoms with Crippen molar-refractivity contribution < 1.29 is 4.74 Å². The molecule has 0 bridgehead atoms. The molecule has 1 unspecified atom stereocenters. The number of ether oxygens (including phenoxy) is 1. The summed E-state index contributed by atoms with van der Waals surface area (Å²) in [4.78, 5) is 0. The zero-order chi connectivity index (χ0) is 10.8. The third-order valence-corrected chi connectivity index (χ3v) is 2.40. The van der Waals surface area contributed by atoms with Gasteiger partial charge in [-0.05, 0) is 32.7 Å². The highest BCUT2D eigenvalue weighted by atomic mass is 16.5. The molecule has 0 aromatic rings. The molecular formula is C12H25NO. The summed E-state index contributed by atoms with van der Waals surface area (Å²) >= 11 is 0. The van der Waals surface area contributed by atoms with E-state index in [1.165, 1.54) is 5.57 Å². The predicted molar refractivity (Wildman–Crippen MR) is 62.6 cm³/mol. The van der Waals surface area contributed by atoms with Crippen LogP contribution in [-0.2, 0) is 4.74 Å². The Kier molecular flexibility index (Phi) is 9.00. The molecule has 2 heteroatoms. The van der Waals surface area contributed by atoms with Crippen LogP contribution in [0, 0.1) is 0 Å². The van der Waals surface area contributed by atoms with Crippen LogP contribution in [-0.4, -0.2) is 26.3 Å². The number of hydrogen-bond acceptors (Lipinski definition) is 2. The van der Waals surface area contributed by atoms with Crippen molar-refractivity contribution in [3.63, 3.8) is 0 Å². The van der Waals surface area contributed by atoms with Gasteiger partial charge < -0.3 is 10.1 Å². The van der Waals surface area contributed by atoms with Gasteiger partial charge in [-0.25, -0.2) is 0 Å². The van der Waals surface area contributed by atoms with Crippen molar-refractivity contribution >= 4 is 0 Å². The van der Waals surface area contributed by atoms with Gasteiger partial charge in [0.05, 0.1) is 0 Å². The second-order valence-electron chi connectivity index (χ2n) is 3.69. The molecule has 0 rings (SSSR count). The van der Waals surface area contributed by atoms with Crippen LogP contribution in [0.1, 0.15) is 39.5 Å². The molecule has 14 heavy (non-hydrogen) atoms. The lowest BCUT2D eigenvalue weighted by atomic mass is 10.0. The molecule has 1 N–H and O–H groups in total. The quantitative estimate of drug-likeness (QED) is 0.455. The smallest absolute Gasteiger partial charge is 0.0480 e. The summed E-state index contributed by atoms with van der Waals surface area (Å²) in [6, 6.07) is 0.527. The van der Waals surface area contributed by atoms with Gasteiger partial charge in [-0.15, -0.1) is 0 Å². The lowest BCUT2D eigenvalue weighted by Gasteiger charge is -2.16. The molecule has 0 saturated carbocycles. The molecule has 0 aromatic heterocycles. The maximum Gasteiger partial charge on any atom is 0.0480 e. The standard InChI is InChI=1S/C12H25NO/c1-5-8-14-9-7-12(13-4)10-11(3)6-2/h12-13H,3,5-10H2,1-2,4H3. The molecule has 0 saturated heterocycles. The Bertz CT molecular complexity index is 145. The van der Waals surface area contributed by atoms with Crippen molar-refractivity contribution in [3.8, 4) is 0 Å². The van der Waals surface area contributed by atoms with E-state index in [2.05, 4.69) is 25.7 Å². The Labute approximate surface area is 88.7 Å². The molecule has 0 radical (unpaired) electrons. The van der Waals surface area contributed by atoms with Crippen molar-refractivity contribution in [1.29, 1.82) is 0 Å². The summed E-state index contributed by atoms with van der Waals surface area (Å²) in [5.74, 6) is 0. The lowest BCUT2D eigenvalue weighted by molar-refractivity contribution is 0.125. The van der Waals surface area contributed by atoms with E-state index in [4.69, 9.17) is 4.74 Å². The molecule has 84 valence electrons. The molecule has 0 heterocycles. The molecule has 0 fully saturated rings. The Morgan fingerprint density at radius 1 is 1.36 bits per heavy atom. The summed E-state index contributed by atoms with van der Waals surface area (Å²) in [5, 5.41) is 3.30. The van der Waals surface area contributed by atoms with E-state index < -0.39 is 0 Å². The number of rotatable bonds is 9. The highest BCUT2D eigenvalue weighted by molar-refractivity contribution is 4.96. The monoisotopic (exact) mass is 199 g/mol. The Hall–Kier alpha value is -0.340. The van der Waals surface area contributed by atoms with Crippen molar-refractivity contribution in [1.82, 2.24) is 5.32 Å². The Morgan fingerprint density at radius 2 is 2.07 bits per heavy atom. The van der Waals surface area contributed by atoms with Gasteiger partial charge in [-0.3, -0.25) is 0 Å². The van der Waals surface area contributed by atoms with Crippen molar-refractivity contribution in [3.05, 3.63) is 12.2 Å². The molecule has 1 atom stereocenters. The van der Waals surface area contributed by atoms with E-state index >= 15 is 0 Å². The predicted octanol–water partition coefficient (Wildman–Crippen LogP) is 2.75. The molecule has 0 amide bonds. The summed E-state index contributed by atoms with van der Waals surface area (Å²) in [7, 11) is 2.01. The van der Waals surface area contributed by atoms with Gasteiger partial charge in [0, 0.05) is 19.3 Å². The first-order valence-electron chi connectivity index (χ1n) is 5.66. The summed E-state index contributed by atoms with van der Waals surface area (Å²) in [6.07, 6.45) is 4.33. The Morgan fingerprint density at radius 3 is 2.57 bits per heavy atom. The average Bonchev–Trinajstić information content (AvgIpc) is 2.22. The fourth-order valence-corrected chi connectivity index (χ4v) is 1.31. The first kappa shape index (κ1) is 13.7. The van der Waals surface area contributed by atoms with Crippen LogP contribution in [0.4, 0.5) is 0 Å². The second kappa shape index (κ2) is 9.22. The maximum atomic E-state index is 5.46. The largest absolute Gasteiger partial charge is 0.381 e. The maximum absolute atomic E-state index is 5.46. The van der Waals surface area contributed by atoms with Gasteiger partial charge in [0.1, 0.15) is 0 Å². The molecule has 0 aliphatic carbocycles. The van der Waals surface area contributed by atoms with Gasteiger partial charge in [0.25, 0.3) is 0 Å². The van der Waals surface area contributed by atoms with Gasteiger partial charge in [0.2, 0.25) is 0 Å². The van der Waals surface area contributed by atoms with Crippen LogP contribution in [0.3, 0.4) is 0 Å². The molecule has 0 spiro atoms. The molecule has 0 aromatic carbocycles. The minimum Gasteiger partial charge on any atom is -0.381 e. The molecule has 0 aliphatic rings. The zero-order valence-corrected chi connectivity index (χ0v) is 9.94. The van der Waals surface area contributed by atoms with Crippen LogP contribution in [0.5, 0.6) is 0 Å². The van der Waals surface area contributed by atoms with Gasteiger partial charge in [-0.1, -0.05) is 26.0 Å². The van der Waals surface area contributed by atoms with Gasteiger partial charge in [-0.2, -0.15) is 0 Å². The molecule has 2 nitrogen and oxygen atoms in total. The van der Waals surface area contributed by atoms with Crippen molar-refractivity contribution in [2.75, 3.05) is 20.3 Å². The third-order valence-electron chi connectivity index (χ3n) is 2.40. The number of hydrogen-bond donors (Lipinski definition) is 1. The van der Waals surface area contributed by atoms with Gasteiger partial charge in [0.15, 0.2) is 0 Å². The SMILES string of the molecule is C=C(CC)CC(CCOCCC)NC. The van der Waals surface area contributed by atoms with Crippen molar-refractivity contribution in [2.45, 2.75) is 45.6 Å². The molecule has 0 aliphatic heterocycles. The number of nitrogens with one attached hydrogen (secondary N) is 1. The van der Waals surface area contributed by atoms with E-state index in [0.717, 1.165) is 38.9 Å². The highest BCUT2D eigenvalue weighted by Crippen LogP contribution is 2.09. The summed E-state index contributed by atoms with van der Waals surface area (Å²) in [5.41, 5.74) is 1.32. The van der Waals surface area contributed by atoms with Gasteiger partial charge >= 0.3 is 0 Å². The first-order valence-corrected chi connectivity index (χ1v) is 5.66. The normalized spacial score (nSPS) is 12.8. The summed E-state index contributed by atoms with van der Waals surface area (Å²) < 4.78 is 5.46. The average molecular weight is 199 g/mol. The zero-order valence-electron chi connectivity index (χ0n) is 9.94. The van der Waals surface area contributed by atoms with Crippen LogP contribution >= 0.6 is 0 Å². The minimum absolute atomic E-state index is 0.527. The topological polar surface area (TPSA) is 21.3 Å². The second-order valence-corrected chi connectivity index (χ2v) is 3.69. The van der Waals surface area contributed by atoms with Crippen LogP contribution in [0.15, 0.2) is 12.2 Å². The molecular weight excluding hydrogens is 174 g/mol. The van der Waals surface area contributed by atoms with E-state index in [9.17, 15) is 0 Å². The third kappa shape index (κ3) is 7.10. The van der Waals surface area contributed by atoms with E-state index in [0.29, 0.717) is 6.04 Å². The van der Waals surface area contributed by atoms with E-state index in [1.807, 2.05) is 7.05 Å². The minimum atomic E-state index is 0.527. The van der Waals surface area contributed by atoms with Crippen LogP contribution in [0.25, 0.3) is 0 Å². The fourth-order valence-electron chi connectivity index (χ4n) is 1.31.